The van der Waals surface area contributed by atoms with Crippen molar-refractivity contribution in [1.29, 1.82) is 0 Å². The standard InChI is InChI=1S/C18H23N5O2/c24-17(6-9-23-10-8-20-13-23)21-15-4-1-3-14(11-15)18(25)22-16-5-2-7-19-12-16/h1,3-4,8,10-11,13,16,19H,2,5-7,9,12H2,(H,21,24)(H,22,25)/t16-/m0/s1. The molecular formula is C18H23N5O2. The highest BCUT2D eigenvalue weighted by molar-refractivity contribution is 5.97. The SMILES string of the molecule is O=C(CCn1ccnc1)Nc1cccc(C(=O)N[C@H]2CCCNC2)c1. The van der Waals surface area contributed by atoms with Gasteiger partial charge in [0.15, 0.2) is 0 Å². The lowest BCUT2D eigenvalue weighted by atomic mass is 10.1. The second kappa shape index (κ2) is 8.43. The van der Waals surface area contributed by atoms with Gasteiger partial charge in [-0.1, -0.05) is 6.07 Å². The summed E-state index contributed by atoms with van der Waals surface area (Å²) in [6.45, 7) is 2.38. The molecule has 2 amide bonds. The monoisotopic (exact) mass is 341 g/mol. The third kappa shape index (κ3) is 5.15. The maximum Gasteiger partial charge on any atom is 0.251 e. The molecule has 1 fully saturated rings. The molecule has 0 unspecified atom stereocenters. The number of carbonyl (C=O) groups excluding carboxylic acids is 2. The van der Waals surface area contributed by atoms with Crippen LogP contribution in [0, 0.1) is 0 Å². The molecule has 0 spiro atoms. The molecule has 0 saturated carbocycles. The lowest BCUT2D eigenvalue weighted by Gasteiger charge is -2.23. The number of rotatable bonds is 6. The molecule has 1 saturated heterocycles. The Morgan fingerprint density at radius 3 is 3.04 bits per heavy atom. The van der Waals surface area contributed by atoms with Crippen LogP contribution in [0.5, 0.6) is 0 Å². The Hall–Kier alpha value is -2.67. The van der Waals surface area contributed by atoms with E-state index < -0.39 is 0 Å². The Morgan fingerprint density at radius 1 is 1.36 bits per heavy atom. The summed E-state index contributed by atoms with van der Waals surface area (Å²) in [5.74, 6) is -0.203. The van der Waals surface area contributed by atoms with Crippen molar-refractivity contribution in [2.75, 3.05) is 18.4 Å². The van der Waals surface area contributed by atoms with Crippen LogP contribution in [0.3, 0.4) is 0 Å². The lowest BCUT2D eigenvalue weighted by Crippen LogP contribution is -2.45. The van der Waals surface area contributed by atoms with Crippen molar-refractivity contribution in [3.05, 3.63) is 48.5 Å². The number of nitrogens with zero attached hydrogens (tertiary/aromatic N) is 2. The van der Waals surface area contributed by atoms with E-state index in [2.05, 4.69) is 20.9 Å². The van der Waals surface area contributed by atoms with Gasteiger partial charge in [-0.15, -0.1) is 0 Å². The van der Waals surface area contributed by atoms with E-state index >= 15 is 0 Å². The van der Waals surface area contributed by atoms with Gasteiger partial charge in [0.25, 0.3) is 5.91 Å². The van der Waals surface area contributed by atoms with Crippen LogP contribution in [0.4, 0.5) is 5.69 Å². The molecule has 3 N–H and O–H groups in total. The molecule has 3 rings (SSSR count). The number of nitrogens with one attached hydrogen (secondary N) is 3. The van der Waals surface area contributed by atoms with E-state index in [4.69, 9.17) is 0 Å². The highest BCUT2D eigenvalue weighted by Crippen LogP contribution is 2.12. The van der Waals surface area contributed by atoms with Gasteiger partial charge >= 0.3 is 0 Å². The van der Waals surface area contributed by atoms with Crippen LogP contribution in [0.2, 0.25) is 0 Å². The van der Waals surface area contributed by atoms with Gasteiger partial charge < -0.3 is 20.5 Å². The van der Waals surface area contributed by atoms with Crippen molar-refractivity contribution in [2.45, 2.75) is 31.8 Å². The minimum absolute atomic E-state index is 0.0947. The molecular weight excluding hydrogens is 318 g/mol. The number of carbonyl (C=O) groups is 2. The normalized spacial score (nSPS) is 17.0. The minimum Gasteiger partial charge on any atom is -0.348 e. The van der Waals surface area contributed by atoms with Gasteiger partial charge in [0, 0.05) is 49.2 Å². The molecule has 1 aromatic heterocycles. The van der Waals surface area contributed by atoms with Crippen molar-refractivity contribution in [1.82, 2.24) is 20.2 Å². The predicted octanol–water partition coefficient (Wildman–Crippen LogP) is 1.39. The molecule has 2 aromatic rings. The van der Waals surface area contributed by atoms with Gasteiger partial charge in [-0.05, 0) is 37.6 Å². The number of imidazole rings is 1. The zero-order valence-corrected chi connectivity index (χ0v) is 14.1. The quantitative estimate of drug-likeness (QED) is 0.741. The van der Waals surface area contributed by atoms with Crippen LogP contribution in [0.15, 0.2) is 43.0 Å². The van der Waals surface area contributed by atoms with Crippen molar-refractivity contribution in [2.24, 2.45) is 0 Å². The number of hydrogen-bond acceptors (Lipinski definition) is 4. The fourth-order valence-electron chi connectivity index (χ4n) is 2.86. The van der Waals surface area contributed by atoms with Crippen molar-refractivity contribution < 1.29 is 9.59 Å². The van der Waals surface area contributed by atoms with E-state index in [0.29, 0.717) is 24.2 Å². The van der Waals surface area contributed by atoms with E-state index in [0.717, 1.165) is 25.9 Å². The summed E-state index contributed by atoms with van der Waals surface area (Å²) in [5.41, 5.74) is 1.18. The molecule has 7 nitrogen and oxygen atoms in total. The Morgan fingerprint density at radius 2 is 2.28 bits per heavy atom. The Bertz CT molecular complexity index is 708. The summed E-state index contributed by atoms with van der Waals surface area (Å²) < 4.78 is 1.85. The Labute approximate surface area is 146 Å². The number of benzene rings is 1. The molecule has 0 bridgehead atoms. The van der Waals surface area contributed by atoms with Crippen LogP contribution in [-0.4, -0.2) is 40.5 Å². The van der Waals surface area contributed by atoms with Gasteiger partial charge in [0.1, 0.15) is 0 Å². The first-order valence-corrected chi connectivity index (χ1v) is 8.58. The third-order valence-corrected chi connectivity index (χ3v) is 4.20. The van der Waals surface area contributed by atoms with E-state index in [1.807, 2.05) is 10.8 Å². The number of aromatic nitrogens is 2. The van der Waals surface area contributed by atoms with Crippen LogP contribution in [0.25, 0.3) is 0 Å². The maximum atomic E-state index is 12.4. The summed E-state index contributed by atoms with van der Waals surface area (Å²) in [7, 11) is 0. The number of amides is 2. The van der Waals surface area contributed by atoms with Gasteiger partial charge in [0.2, 0.25) is 5.91 Å². The van der Waals surface area contributed by atoms with E-state index in [1.54, 1.807) is 36.8 Å². The number of hydrogen-bond donors (Lipinski definition) is 3. The van der Waals surface area contributed by atoms with E-state index in [-0.39, 0.29) is 17.9 Å². The molecule has 7 heteroatoms. The topological polar surface area (TPSA) is 88.0 Å². The van der Waals surface area contributed by atoms with Crippen LogP contribution in [-0.2, 0) is 11.3 Å². The molecule has 1 aliphatic rings. The second-order valence-corrected chi connectivity index (χ2v) is 6.20. The summed E-state index contributed by atoms with van der Waals surface area (Å²) in [6.07, 6.45) is 7.58. The maximum absolute atomic E-state index is 12.4. The zero-order chi connectivity index (χ0) is 17.5. The first-order valence-electron chi connectivity index (χ1n) is 8.58. The fourth-order valence-corrected chi connectivity index (χ4v) is 2.86. The van der Waals surface area contributed by atoms with E-state index in [9.17, 15) is 9.59 Å². The van der Waals surface area contributed by atoms with Crippen molar-refractivity contribution in [3.8, 4) is 0 Å². The number of piperidine rings is 1. The highest BCUT2D eigenvalue weighted by atomic mass is 16.2. The highest BCUT2D eigenvalue weighted by Gasteiger charge is 2.16. The smallest absolute Gasteiger partial charge is 0.251 e. The summed E-state index contributed by atoms with van der Waals surface area (Å²) >= 11 is 0. The first kappa shape index (κ1) is 17.2. The predicted molar refractivity (Wildman–Crippen MR) is 95.3 cm³/mol. The summed E-state index contributed by atoms with van der Waals surface area (Å²) in [6, 6.07) is 7.19. The third-order valence-electron chi connectivity index (χ3n) is 4.20. The lowest BCUT2D eigenvalue weighted by molar-refractivity contribution is -0.116. The summed E-state index contributed by atoms with van der Waals surface area (Å²) in [5, 5.41) is 9.15. The van der Waals surface area contributed by atoms with Crippen LogP contribution >= 0.6 is 0 Å². The fraction of sp³-hybridized carbons (Fsp3) is 0.389. The molecule has 25 heavy (non-hydrogen) atoms. The molecule has 1 aliphatic heterocycles. The van der Waals surface area contributed by atoms with Crippen molar-refractivity contribution >= 4 is 17.5 Å². The number of aryl methyl sites for hydroxylation is 1. The average molecular weight is 341 g/mol. The Balaban J connectivity index is 1.53. The van der Waals surface area contributed by atoms with Crippen LogP contribution < -0.4 is 16.0 Å². The van der Waals surface area contributed by atoms with Gasteiger partial charge in [-0.3, -0.25) is 9.59 Å². The van der Waals surface area contributed by atoms with Gasteiger partial charge in [-0.25, -0.2) is 4.98 Å². The molecule has 1 aromatic carbocycles. The Kier molecular flexibility index (Phi) is 5.79. The second-order valence-electron chi connectivity index (χ2n) is 6.20. The summed E-state index contributed by atoms with van der Waals surface area (Å²) in [4.78, 5) is 28.4. The van der Waals surface area contributed by atoms with Gasteiger partial charge in [0.05, 0.1) is 6.33 Å². The molecule has 0 radical (unpaired) electrons. The average Bonchev–Trinajstić information content (AvgIpc) is 3.15. The van der Waals surface area contributed by atoms with Crippen LogP contribution in [0.1, 0.15) is 29.6 Å². The van der Waals surface area contributed by atoms with Crippen molar-refractivity contribution in [3.63, 3.8) is 0 Å². The van der Waals surface area contributed by atoms with Gasteiger partial charge in [-0.2, -0.15) is 0 Å². The molecule has 2 heterocycles. The molecule has 132 valence electrons. The zero-order valence-electron chi connectivity index (χ0n) is 14.1. The molecule has 1 atom stereocenters. The number of anilines is 1. The molecule has 0 aliphatic carbocycles. The largest absolute Gasteiger partial charge is 0.348 e. The minimum atomic E-state index is -0.108. The first-order chi connectivity index (χ1) is 12.2. The van der Waals surface area contributed by atoms with E-state index in [1.165, 1.54) is 0 Å².